The molecule has 0 bridgehead atoms. The Morgan fingerprint density at radius 3 is 2.64 bits per heavy atom. The Hall–Kier alpha value is -1.30. The Morgan fingerprint density at radius 1 is 1.28 bits per heavy atom. The van der Waals surface area contributed by atoms with Crippen LogP contribution >= 0.6 is 24.8 Å². The van der Waals surface area contributed by atoms with E-state index in [0.29, 0.717) is 18.9 Å². The van der Waals surface area contributed by atoms with E-state index < -0.39 is 0 Å². The van der Waals surface area contributed by atoms with Gasteiger partial charge in [-0.05, 0) is 50.4 Å². The molecule has 5 nitrogen and oxygen atoms in total. The van der Waals surface area contributed by atoms with Crippen LogP contribution in [0.15, 0.2) is 24.3 Å². The normalized spacial score (nSPS) is 14.6. The van der Waals surface area contributed by atoms with Crippen molar-refractivity contribution in [2.75, 3.05) is 20.1 Å². The van der Waals surface area contributed by atoms with Crippen molar-refractivity contribution in [1.82, 2.24) is 19.8 Å². The van der Waals surface area contributed by atoms with Crippen LogP contribution in [-0.4, -0.2) is 40.5 Å². The second kappa shape index (κ2) is 10.00. The van der Waals surface area contributed by atoms with E-state index in [1.807, 2.05) is 37.2 Å². The van der Waals surface area contributed by atoms with Gasteiger partial charge < -0.3 is 14.8 Å². The SMILES string of the molecule is CN(Cc1nc2ccccc2n1C)C(=O)CCC1CCNCC1.Cl.Cl. The summed E-state index contributed by atoms with van der Waals surface area (Å²) in [6.45, 7) is 2.75. The molecule has 1 aromatic heterocycles. The minimum absolute atomic E-state index is 0. The lowest BCUT2D eigenvalue weighted by atomic mass is 9.93. The molecule has 1 saturated heterocycles. The highest BCUT2D eigenvalue weighted by Crippen LogP contribution is 2.19. The summed E-state index contributed by atoms with van der Waals surface area (Å²) in [6.07, 6.45) is 4.04. The highest BCUT2D eigenvalue weighted by molar-refractivity contribution is 5.85. The average molecular weight is 387 g/mol. The monoisotopic (exact) mass is 386 g/mol. The number of hydrogen-bond donors (Lipinski definition) is 1. The third-order valence-corrected chi connectivity index (χ3v) is 4.91. The van der Waals surface area contributed by atoms with Crippen molar-refractivity contribution >= 4 is 41.8 Å². The molecule has 0 spiro atoms. The number of hydrogen-bond acceptors (Lipinski definition) is 3. The van der Waals surface area contributed by atoms with E-state index in [1.165, 1.54) is 12.8 Å². The van der Waals surface area contributed by atoms with Gasteiger partial charge in [0.2, 0.25) is 5.91 Å². The van der Waals surface area contributed by atoms with Crippen LogP contribution in [0, 0.1) is 5.92 Å². The topological polar surface area (TPSA) is 50.2 Å². The van der Waals surface area contributed by atoms with Crippen LogP contribution in [0.4, 0.5) is 0 Å². The molecule has 2 heterocycles. The summed E-state index contributed by atoms with van der Waals surface area (Å²) in [4.78, 5) is 18.8. The first-order chi connectivity index (χ1) is 11.1. The molecule has 0 saturated carbocycles. The molecule has 0 aliphatic carbocycles. The Balaban J connectivity index is 0.00000156. The zero-order valence-corrected chi connectivity index (χ0v) is 16.5. The molecular formula is C18H28Cl2N4O. The number of aryl methyl sites for hydroxylation is 1. The first-order valence-corrected chi connectivity index (χ1v) is 8.50. The van der Waals surface area contributed by atoms with Gasteiger partial charge in [0.15, 0.2) is 0 Å². The fourth-order valence-electron chi connectivity index (χ4n) is 3.33. The third-order valence-electron chi connectivity index (χ3n) is 4.91. The van der Waals surface area contributed by atoms with Crippen molar-refractivity contribution in [1.29, 1.82) is 0 Å². The summed E-state index contributed by atoms with van der Waals surface area (Å²) in [5.74, 6) is 1.85. The van der Waals surface area contributed by atoms with Crippen molar-refractivity contribution in [2.24, 2.45) is 13.0 Å². The molecule has 1 aliphatic heterocycles. The Kier molecular flexibility index (Phi) is 8.69. The van der Waals surface area contributed by atoms with E-state index in [1.54, 1.807) is 0 Å². The molecule has 1 aromatic carbocycles. The maximum absolute atomic E-state index is 12.4. The standard InChI is InChI=1S/C18H26N4O.2ClH/c1-21(18(23)8-7-14-9-11-19-12-10-14)13-17-20-15-5-3-4-6-16(15)22(17)2;;/h3-6,14,19H,7-13H2,1-2H3;2*1H. The van der Waals surface area contributed by atoms with Gasteiger partial charge in [-0.3, -0.25) is 4.79 Å². The molecule has 1 N–H and O–H groups in total. The van der Waals surface area contributed by atoms with Crippen molar-refractivity contribution in [3.05, 3.63) is 30.1 Å². The van der Waals surface area contributed by atoms with Gasteiger partial charge in [0, 0.05) is 20.5 Å². The number of carbonyl (C=O) groups is 1. The van der Waals surface area contributed by atoms with Gasteiger partial charge in [0.05, 0.1) is 17.6 Å². The predicted molar refractivity (Wildman–Crippen MR) is 107 cm³/mol. The van der Waals surface area contributed by atoms with Crippen LogP contribution in [-0.2, 0) is 18.4 Å². The van der Waals surface area contributed by atoms with Crippen LogP contribution < -0.4 is 5.32 Å². The van der Waals surface area contributed by atoms with Gasteiger partial charge in [-0.2, -0.15) is 0 Å². The maximum atomic E-state index is 12.4. The van der Waals surface area contributed by atoms with E-state index >= 15 is 0 Å². The molecule has 3 rings (SSSR count). The number of rotatable bonds is 5. The molecule has 1 amide bonds. The summed E-state index contributed by atoms with van der Waals surface area (Å²) in [5, 5.41) is 3.37. The van der Waals surface area contributed by atoms with Crippen molar-refractivity contribution in [2.45, 2.75) is 32.2 Å². The summed E-state index contributed by atoms with van der Waals surface area (Å²) >= 11 is 0. The van der Waals surface area contributed by atoms with Gasteiger partial charge in [-0.15, -0.1) is 24.8 Å². The summed E-state index contributed by atoms with van der Waals surface area (Å²) in [5.41, 5.74) is 2.10. The predicted octanol–water partition coefficient (Wildman–Crippen LogP) is 3.16. The quantitative estimate of drug-likeness (QED) is 0.858. The first kappa shape index (κ1) is 21.7. The summed E-state index contributed by atoms with van der Waals surface area (Å²) in [7, 11) is 3.89. The third kappa shape index (κ3) is 5.33. The molecule has 1 fully saturated rings. The van der Waals surface area contributed by atoms with Gasteiger partial charge >= 0.3 is 0 Å². The fraction of sp³-hybridized carbons (Fsp3) is 0.556. The second-order valence-electron chi connectivity index (χ2n) is 6.56. The highest BCUT2D eigenvalue weighted by atomic mass is 35.5. The summed E-state index contributed by atoms with van der Waals surface area (Å²) < 4.78 is 2.08. The van der Waals surface area contributed by atoms with E-state index in [0.717, 1.165) is 36.4 Å². The number of imidazole rings is 1. The van der Waals surface area contributed by atoms with Crippen LogP contribution in [0.2, 0.25) is 0 Å². The number of nitrogens with zero attached hydrogens (tertiary/aromatic N) is 3. The Bertz CT molecular complexity index is 683. The lowest BCUT2D eigenvalue weighted by Gasteiger charge is -2.23. The maximum Gasteiger partial charge on any atom is 0.222 e. The number of nitrogens with one attached hydrogen (secondary N) is 1. The van der Waals surface area contributed by atoms with Crippen LogP contribution in [0.1, 0.15) is 31.5 Å². The number of aromatic nitrogens is 2. The van der Waals surface area contributed by atoms with E-state index in [4.69, 9.17) is 0 Å². The lowest BCUT2D eigenvalue weighted by Crippen LogP contribution is -2.30. The second-order valence-corrected chi connectivity index (χ2v) is 6.56. The molecule has 0 atom stereocenters. The number of benzene rings is 1. The minimum Gasteiger partial charge on any atom is -0.338 e. The zero-order chi connectivity index (χ0) is 16.2. The molecule has 0 unspecified atom stereocenters. The smallest absolute Gasteiger partial charge is 0.222 e. The van der Waals surface area contributed by atoms with Gasteiger partial charge in [-0.1, -0.05) is 12.1 Å². The molecule has 25 heavy (non-hydrogen) atoms. The van der Waals surface area contributed by atoms with Crippen molar-refractivity contribution in [3.63, 3.8) is 0 Å². The average Bonchev–Trinajstić information content (AvgIpc) is 2.90. The molecule has 1 aliphatic rings. The molecule has 2 aromatic rings. The van der Waals surface area contributed by atoms with E-state index in [2.05, 4.69) is 20.9 Å². The Labute approximate surface area is 162 Å². The molecular weight excluding hydrogens is 359 g/mol. The first-order valence-electron chi connectivity index (χ1n) is 8.50. The number of carbonyl (C=O) groups excluding carboxylic acids is 1. The fourth-order valence-corrected chi connectivity index (χ4v) is 3.33. The Morgan fingerprint density at radius 2 is 1.96 bits per heavy atom. The lowest BCUT2D eigenvalue weighted by molar-refractivity contribution is -0.130. The number of fused-ring (bicyclic) bond motifs is 1. The van der Waals surface area contributed by atoms with Gasteiger partial charge in [0.25, 0.3) is 0 Å². The van der Waals surface area contributed by atoms with Crippen LogP contribution in [0.3, 0.4) is 0 Å². The summed E-state index contributed by atoms with van der Waals surface area (Å²) in [6, 6.07) is 8.08. The molecule has 0 radical (unpaired) electrons. The number of halogens is 2. The number of amides is 1. The van der Waals surface area contributed by atoms with Crippen molar-refractivity contribution in [3.8, 4) is 0 Å². The number of piperidine rings is 1. The largest absolute Gasteiger partial charge is 0.338 e. The van der Waals surface area contributed by atoms with Gasteiger partial charge in [0.1, 0.15) is 5.82 Å². The van der Waals surface area contributed by atoms with E-state index in [9.17, 15) is 4.79 Å². The van der Waals surface area contributed by atoms with E-state index in [-0.39, 0.29) is 30.7 Å². The number of para-hydroxylation sites is 2. The van der Waals surface area contributed by atoms with Crippen LogP contribution in [0.5, 0.6) is 0 Å². The van der Waals surface area contributed by atoms with Gasteiger partial charge in [-0.25, -0.2) is 4.98 Å². The zero-order valence-electron chi connectivity index (χ0n) is 14.9. The minimum atomic E-state index is 0. The molecule has 140 valence electrons. The highest BCUT2D eigenvalue weighted by Gasteiger charge is 2.17. The van der Waals surface area contributed by atoms with Crippen LogP contribution in [0.25, 0.3) is 11.0 Å². The van der Waals surface area contributed by atoms with Crippen molar-refractivity contribution < 1.29 is 4.79 Å². The molecule has 7 heteroatoms.